The number of aromatic amines is 1. The summed E-state index contributed by atoms with van der Waals surface area (Å²) in [6.45, 7) is 0. The van der Waals surface area contributed by atoms with E-state index in [0.717, 1.165) is 16.2 Å². The van der Waals surface area contributed by atoms with E-state index in [-0.39, 0.29) is 17.7 Å². The number of carbonyl (C=O) groups excluding carboxylic acids is 1. The molecule has 0 saturated carbocycles. The number of thioether (sulfide) groups is 1. The van der Waals surface area contributed by atoms with Crippen LogP contribution in [-0.2, 0) is 4.79 Å². The zero-order chi connectivity index (χ0) is 23.5. The molecule has 4 heterocycles. The number of methoxy groups -OCH3 is 2. The molecule has 9 nitrogen and oxygen atoms in total. The second-order valence-corrected chi connectivity index (χ2v) is 9.24. The van der Waals surface area contributed by atoms with Crippen LogP contribution in [-0.4, -0.2) is 51.8 Å². The maximum atomic E-state index is 13.2. The molecular formula is C23H21N5O4S2. The first-order chi connectivity index (χ1) is 16.7. The standard InChI is InChI=1S/C23H21N5O4S2/c1-30-14-7-8-15(19(11-14)31-2)22-24-23(26-25-22)34-13-21(29)28-17(20-6-4-10-33-20)12-16(27-28)18-5-3-9-32-18/h3-11,17H,12-13H2,1-2H3,(H,24,25,26). The Hall–Kier alpha value is -3.57. The van der Waals surface area contributed by atoms with Crippen molar-refractivity contribution in [1.29, 1.82) is 0 Å². The van der Waals surface area contributed by atoms with E-state index in [9.17, 15) is 4.79 Å². The molecule has 11 heteroatoms. The highest BCUT2D eigenvalue weighted by atomic mass is 32.2. The largest absolute Gasteiger partial charge is 0.497 e. The van der Waals surface area contributed by atoms with Gasteiger partial charge in [-0.1, -0.05) is 17.8 Å². The second kappa shape index (κ2) is 9.74. The van der Waals surface area contributed by atoms with Crippen LogP contribution in [0.2, 0.25) is 0 Å². The Morgan fingerprint density at radius 1 is 1.26 bits per heavy atom. The van der Waals surface area contributed by atoms with Gasteiger partial charge in [0.05, 0.1) is 37.8 Å². The molecule has 0 bridgehead atoms. The normalized spacial score (nSPS) is 15.4. The van der Waals surface area contributed by atoms with Crippen LogP contribution in [0.25, 0.3) is 11.4 Å². The van der Waals surface area contributed by atoms with Gasteiger partial charge in [-0.2, -0.15) is 5.10 Å². The van der Waals surface area contributed by atoms with Crippen LogP contribution in [0, 0.1) is 0 Å². The summed E-state index contributed by atoms with van der Waals surface area (Å²) < 4.78 is 16.2. The van der Waals surface area contributed by atoms with Crippen molar-refractivity contribution in [3.05, 3.63) is 64.7 Å². The molecule has 0 aliphatic carbocycles. The van der Waals surface area contributed by atoms with Crippen molar-refractivity contribution >= 4 is 34.7 Å². The van der Waals surface area contributed by atoms with Gasteiger partial charge in [0, 0.05) is 17.4 Å². The van der Waals surface area contributed by atoms with Gasteiger partial charge in [0.25, 0.3) is 5.91 Å². The maximum Gasteiger partial charge on any atom is 0.253 e. The minimum absolute atomic E-state index is 0.127. The summed E-state index contributed by atoms with van der Waals surface area (Å²) in [5.74, 6) is 2.54. The van der Waals surface area contributed by atoms with Gasteiger partial charge in [0.15, 0.2) is 5.82 Å². The lowest BCUT2D eigenvalue weighted by atomic mass is 10.1. The minimum atomic E-state index is -0.153. The first-order valence-electron chi connectivity index (χ1n) is 10.4. The molecule has 0 radical (unpaired) electrons. The number of nitrogens with zero attached hydrogens (tertiary/aromatic N) is 4. The van der Waals surface area contributed by atoms with Gasteiger partial charge in [-0.3, -0.25) is 9.89 Å². The predicted octanol–water partition coefficient (Wildman–Crippen LogP) is 4.61. The monoisotopic (exact) mass is 495 g/mol. The number of thiophene rings is 1. The van der Waals surface area contributed by atoms with Crippen LogP contribution in [0.4, 0.5) is 0 Å². The van der Waals surface area contributed by atoms with Gasteiger partial charge < -0.3 is 13.9 Å². The fraction of sp³-hybridized carbons (Fsp3) is 0.217. The van der Waals surface area contributed by atoms with Crippen molar-refractivity contribution in [3.8, 4) is 22.9 Å². The zero-order valence-corrected chi connectivity index (χ0v) is 20.1. The lowest BCUT2D eigenvalue weighted by Crippen LogP contribution is -2.28. The molecule has 1 aliphatic heterocycles. The summed E-state index contributed by atoms with van der Waals surface area (Å²) in [6, 6.07) is 13.0. The Morgan fingerprint density at radius 3 is 2.91 bits per heavy atom. The number of hydrazone groups is 1. The van der Waals surface area contributed by atoms with Gasteiger partial charge in [-0.15, -0.1) is 16.4 Å². The highest BCUT2D eigenvalue weighted by Crippen LogP contribution is 2.36. The van der Waals surface area contributed by atoms with Crippen LogP contribution in [0.3, 0.4) is 0 Å². The van der Waals surface area contributed by atoms with Gasteiger partial charge in [0.2, 0.25) is 5.16 Å². The predicted molar refractivity (Wildman–Crippen MR) is 129 cm³/mol. The summed E-state index contributed by atoms with van der Waals surface area (Å²) in [5.41, 5.74) is 1.51. The number of ether oxygens (including phenoxy) is 2. The van der Waals surface area contributed by atoms with Crippen LogP contribution in [0.15, 0.2) is 68.8 Å². The molecule has 1 N–H and O–H groups in total. The van der Waals surface area contributed by atoms with E-state index in [1.165, 1.54) is 11.8 Å². The van der Waals surface area contributed by atoms with Crippen LogP contribution in [0.5, 0.6) is 11.5 Å². The second-order valence-electron chi connectivity index (χ2n) is 7.32. The topological polar surface area (TPSA) is 106 Å². The molecule has 174 valence electrons. The van der Waals surface area contributed by atoms with E-state index in [0.29, 0.717) is 34.7 Å². The van der Waals surface area contributed by atoms with Gasteiger partial charge >= 0.3 is 0 Å². The van der Waals surface area contributed by atoms with Crippen molar-refractivity contribution in [1.82, 2.24) is 20.2 Å². The number of benzene rings is 1. The van der Waals surface area contributed by atoms with Crippen molar-refractivity contribution < 1.29 is 18.7 Å². The summed E-state index contributed by atoms with van der Waals surface area (Å²) in [7, 11) is 3.18. The molecule has 3 aromatic heterocycles. The van der Waals surface area contributed by atoms with Gasteiger partial charge in [-0.25, -0.2) is 9.99 Å². The molecule has 4 aromatic rings. The van der Waals surface area contributed by atoms with Crippen molar-refractivity contribution in [3.63, 3.8) is 0 Å². The summed E-state index contributed by atoms with van der Waals surface area (Å²) in [6.07, 6.45) is 2.21. The zero-order valence-electron chi connectivity index (χ0n) is 18.4. The quantitative estimate of drug-likeness (QED) is 0.356. The lowest BCUT2D eigenvalue weighted by molar-refractivity contribution is -0.130. The number of amides is 1. The maximum absolute atomic E-state index is 13.2. The van der Waals surface area contributed by atoms with Crippen LogP contribution >= 0.6 is 23.1 Å². The Bertz CT molecular complexity index is 1300. The van der Waals surface area contributed by atoms with E-state index in [2.05, 4.69) is 20.3 Å². The van der Waals surface area contributed by atoms with E-state index >= 15 is 0 Å². The molecule has 1 amide bonds. The molecular weight excluding hydrogens is 474 g/mol. The third kappa shape index (κ3) is 4.44. The summed E-state index contributed by atoms with van der Waals surface area (Å²) in [4.78, 5) is 18.8. The SMILES string of the molecule is COc1ccc(-c2nc(SCC(=O)N3N=C(c4ccco4)CC3c3cccs3)n[nH]2)c(OC)c1. The lowest BCUT2D eigenvalue weighted by Gasteiger charge is -2.20. The van der Waals surface area contributed by atoms with Crippen molar-refractivity contribution in [2.75, 3.05) is 20.0 Å². The Labute approximate surface area is 203 Å². The first-order valence-corrected chi connectivity index (χ1v) is 12.3. The average Bonchev–Trinajstić information content (AvgIpc) is 3.68. The number of nitrogens with one attached hydrogen (secondary N) is 1. The molecule has 34 heavy (non-hydrogen) atoms. The Balaban J connectivity index is 1.30. The summed E-state index contributed by atoms with van der Waals surface area (Å²) in [5, 5.41) is 15.8. The molecule has 1 aliphatic rings. The minimum Gasteiger partial charge on any atom is -0.497 e. The van der Waals surface area contributed by atoms with Crippen molar-refractivity contribution in [2.24, 2.45) is 5.10 Å². The highest BCUT2D eigenvalue weighted by Gasteiger charge is 2.34. The molecule has 5 rings (SSSR count). The molecule has 1 atom stereocenters. The number of furan rings is 1. The molecule has 0 fully saturated rings. The number of hydrogen-bond acceptors (Lipinski definition) is 9. The Morgan fingerprint density at radius 2 is 2.18 bits per heavy atom. The van der Waals surface area contributed by atoms with E-state index < -0.39 is 0 Å². The summed E-state index contributed by atoms with van der Waals surface area (Å²) >= 11 is 2.86. The van der Waals surface area contributed by atoms with Crippen LogP contribution in [0.1, 0.15) is 23.1 Å². The fourth-order valence-corrected chi connectivity index (χ4v) is 5.11. The average molecular weight is 496 g/mol. The van der Waals surface area contributed by atoms with Crippen molar-refractivity contribution in [2.45, 2.75) is 17.6 Å². The molecule has 0 spiro atoms. The van der Waals surface area contributed by atoms with Crippen LogP contribution < -0.4 is 9.47 Å². The number of carbonyl (C=O) groups is 1. The fourth-order valence-electron chi connectivity index (χ4n) is 3.65. The number of hydrogen-bond donors (Lipinski definition) is 1. The van der Waals surface area contributed by atoms with E-state index in [4.69, 9.17) is 13.9 Å². The number of H-pyrrole nitrogens is 1. The number of aromatic nitrogens is 3. The first kappa shape index (κ1) is 22.2. The molecule has 1 unspecified atom stereocenters. The molecule has 0 saturated heterocycles. The van der Waals surface area contributed by atoms with E-state index in [1.54, 1.807) is 42.9 Å². The third-order valence-corrected chi connectivity index (χ3v) is 7.10. The smallest absolute Gasteiger partial charge is 0.253 e. The van der Waals surface area contributed by atoms with E-state index in [1.807, 2.05) is 41.8 Å². The van der Waals surface area contributed by atoms with Gasteiger partial charge in [-0.05, 0) is 35.7 Å². The molecule has 1 aromatic carbocycles. The highest BCUT2D eigenvalue weighted by molar-refractivity contribution is 7.99. The number of rotatable bonds is 8. The van der Waals surface area contributed by atoms with Gasteiger partial charge in [0.1, 0.15) is 23.0 Å². The Kier molecular flexibility index (Phi) is 6.37. The third-order valence-electron chi connectivity index (χ3n) is 5.30.